The molecule has 0 spiro atoms. The highest BCUT2D eigenvalue weighted by Gasteiger charge is 2.33. The molecule has 0 radical (unpaired) electrons. The summed E-state index contributed by atoms with van der Waals surface area (Å²) in [5, 5.41) is 8.79. The fraction of sp³-hybridized carbons (Fsp3) is 0.469. The van der Waals surface area contributed by atoms with Crippen LogP contribution in [0, 0.1) is 17.8 Å². The number of likely N-dealkylation sites (tertiary alicyclic amines) is 1. The van der Waals surface area contributed by atoms with Crippen molar-refractivity contribution in [3.63, 3.8) is 0 Å². The van der Waals surface area contributed by atoms with Crippen LogP contribution in [0.15, 0.2) is 36.7 Å². The Labute approximate surface area is 255 Å². The van der Waals surface area contributed by atoms with Gasteiger partial charge >= 0.3 is 6.18 Å². The molecule has 236 valence electrons. The number of halogens is 3. The van der Waals surface area contributed by atoms with Gasteiger partial charge in [0.25, 0.3) is 11.8 Å². The summed E-state index contributed by atoms with van der Waals surface area (Å²) in [6.07, 6.45) is -2.61. The second-order valence-corrected chi connectivity index (χ2v) is 12.0. The molecule has 4 rings (SSSR count). The zero-order chi connectivity index (χ0) is 32.2. The number of carbonyl (C=O) groups is 2. The predicted molar refractivity (Wildman–Crippen MR) is 164 cm³/mol. The van der Waals surface area contributed by atoms with E-state index in [0.29, 0.717) is 22.6 Å². The Balaban J connectivity index is 1.58. The number of anilines is 1. The smallest absolute Gasteiger partial charge is 0.406 e. The van der Waals surface area contributed by atoms with Crippen molar-refractivity contribution in [3.05, 3.63) is 53.3 Å². The summed E-state index contributed by atoms with van der Waals surface area (Å²) in [6, 6.07) is 7.94. The molecule has 0 aliphatic carbocycles. The van der Waals surface area contributed by atoms with E-state index in [1.54, 1.807) is 24.3 Å². The van der Waals surface area contributed by atoms with Gasteiger partial charge in [-0.2, -0.15) is 13.2 Å². The molecule has 0 unspecified atom stereocenters. The molecule has 2 atom stereocenters. The van der Waals surface area contributed by atoms with E-state index in [1.165, 1.54) is 20.2 Å². The lowest BCUT2D eigenvalue weighted by Crippen LogP contribution is -2.54. The van der Waals surface area contributed by atoms with Gasteiger partial charge in [0, 0.05) is 42.8 Å². The lowest BCUT2D eigenvalue weighted by molar-refractivity contribution is -0.139. The van der Waals surface area contributed by atoms with Crippen molar-refractivity contribution in [2.24, 2.45) is 5.92 Å². The van der Waals surface area contributed by atoms with Gasteiger partial charge in [-0.1, -0.05) is 18.8 Å². The van der Waals surface area contributed by atoms with Gasteiger partial charge in [-0.05, 0) is 63.4 Å². The highest BCUT2D eigenvalue weighted by Crippen LogP contribution is 2.28. The number of methoxy groups -OCH3 is 1. The number of ether oxygens (including phenoxy) is 1. The first-order chi connectivity index (χ1) is 20.7. The van der Waals surface area contributed by atoms with Crippen molar-refractivity contribution in [1.82, 2.24) is 25.1 Å². The number of imidazole rings is 1. The summed E-state index contributed by atoms with van der Waals surface area (Å²) >= 11 is 0. The van der Waals surface area contributed by atoms with Crippen LogP contribution < -0.4 is 20.7 Å². The molecule has 1 aliphatic rings. The Bertz CT molecular complexity index is 1580. The molecule has 0 saturated carbocycles. The van der Waals surface area contributed by atoms with Crippen LogP contribution in [0.1, 0.15) is 60.4 Å². The lowest BCUT2D eigenvalue weighted by atomic mass is 9.90. The van der Waals surface area contributed by atoms with Gasteiger partial charge in [-0.3, -0.25) is 14.5 Å². The van der Waals surface area contributed by atoms with Gasteiger partial charge in [0.2, 0.25) is 0 Å². The highest BCUT2D eigenvalue weighted by atomic mass is 19.4. The molecule has 2 amide bonds. The monoisotopic (exact) mass is 612 g/mol. The summed E-state index contributed by atoms with van der Waals surface area (Å²) < 4.78 is 46.4. The molecule has 2 heterocycles. The number of nitrogens with zero attached hydrogens (tertiary/aromatic N) is 3. The van der Waals surface area contributed by atoms with Gasteiger partial charge < -0.3 is 25.3 Å². The molecule has 1 fully saturated rings. The number of aromatic nitrogens is 2. The van der Waals surface area contributed by atoms with E-state index in [2.05, 4.69) is 65.4 Å². The summed E-state index contributed by atoms with van der Waals surface area (Å²) in [4.78, 5) is 32.1. The minimum atomic E-state index is -4.47. The maximum Gasteiger partial charge on any atom is 0.406 e. The molecule has 1 saturated heterocycles. The number of piperidine rings is 1. The van der Waals surface area contributed by atoms with Crippen LogP contribution in [0.2, 0.25) is 0 Å². The van der Waals surface area contributed by atoms with Crippen molar-refractivity contribution in [1.29, 1.82) is 0 Å². The van der Waals surface area contributed by atoms with E-state index >= 15 is 0 Å². The number of alkyl halides is 3. The third kappa shape index (κ3) is 7.82. The van der Waals surface area contributed by atoms with Crippen LogP contribution in [0.3, 0.4) is 0 Å². The zero-order valence-electron chi connectivity index (χ0n) is 25.9. The molecule has 12 heteroatoms. The molecule has 1 aromatic heterocycles. The fourth-order valence-corrected chi connectivity index (χ4v) is 5.35. The normalized spacial score (nSPS) is 17.5. The van der Waals surface area contributed by atoms with Crippen molar-refractivity contribution in [3.8, 4) is 17.6 Å². The largest absolute Gasteiger partial charge is 0.495 e. The van der Waals surface area contributed by atoms with Gasteiger partial charge in [0.1, 0.15) is 17.8 Å². The second kappa shape index (κ2) is 13.2. The molecular weight excluding hydrogens is 573 g/mol. The van der Waals surface area contributed by atoms with Crippen LogP contribution >= 0.6 is 0 Å². The minimum absolute atomic E-state index is 0.0166. The number of rotatable bonds is 7. The first kappa shape index (κ1) is 32.7. The third-order valence-corrected chi connectivity index (χ3v) is 7.78. The van der Waals surface area contributed by atoms with Crippen molar-refractivity contribution < 1.29 is 27.5 Å². The first-order valence-corrected chi connectivity index (χ1v) is 14.4. The Hall–Kier alpha value is -4.24. The Morgan fingerprint density at radius 1 is 1.14 bits per heavy atom. The van der Waals surface area contributed by atoms with Crippen LogP contribution in [0.4, 0.5) is 18.9 Å². The van der Waals surface area contributed by atoms with Gasteiger partial charge in [-0.25, -0.2) is 4.98 Å². The summed E-state index contributed by atoms with van der Waals surface area (Å²) in [5.41, 5.74) is 1.99. The second-order valence-electron chi connectivity index (χ2n) is 12.0. The number of fused-ring (bicyclic) bond motifs is 1. The van der Waals surface area contributed by atoms with Crippen LogP contribution in [0.5, 0.6) is 5.75 Å². The Kier molecular flexibility index (Phi) is 9.78. The average Bonchev–Trinajstić information content (AvgIpc) is 3.35. The predicted octanol–water partition coefficient (Wildman–Crippen LogP) is 4.67. The quantitative estimate of drug-likeness (QED) is 0.336. The number of nitrogens with one attached hydrogen (secondary N) is 3. The lowest BCUT2D eigenvalue weighted by Gasteiger charge is -2.44. The SMILES string of the molecule is CNC(=O)c1ccc(NCC#Cc2cc(C(=O)N[C@@H]3CCN(C(C)(C)C)C[C@H]3C)c3ncn(CC(F)(F)F)c3c2)c(OC)c1. The summed E-state index contributed by atoms with van der Waals surface area (Å²) in [7, 11) is 3.02. The highest BCUT2D eigenvalue weighted by molar-refractivity contribution is 6.05. The number of amides is 2. The van der Waals surface area contributed by atoms with E-state index in [9.17, 15) is 22.8 Å². The number of hydrogen-bond acceptors (Lipinski definition) is 6. The molecule has 2 aromatic carbocycles. The van der Waals surface area contributed by atoms with E-state index in [4.69, 9.17) is 4.74 Å². The molecule has 3 N–H and O–H groups in total. The molecule has 44 heavy (non-hydrogen) atoms. The fourth-order valence-electron chi connectivity index (χ4n) is 5.35. The van der Waals surface area contributed by atoms with Crippen LogP contribution in [0.25, 0.3) is 11.0 Å². The van der Waals surface area contributed by atoms with Crippen molar-refractivity contribution in [2.45, 2.75) is 58.4 Å². The van der Waals surface area contributed by atoms with Crippen LogP contribution in [-0.2, 0) is 6.54 Å². The topological polar surface area (TPSA) is 101 Å². The van der Waals surface area contributed by atoms with Crippen LogP contribution in [-0.4, -0.2) is 77.8 Å². The maximum atomic E-state index is 13.6. The van der Waals surface area contributed by atoms with E-state index in [1.807, 2.05) is 0 Å². The standard InChI is InChI=1S/C32H39F3N6O3/c1-20-17-41(31(2,3)4)13-11-24(20)39-30(43)23-14-21(15-26-28(23)38-19-40(26)18-32(33,34)35)8-7-12-37-25-10-9-22(29(42)36-5)16-27(25)44-6/h9-10,14-16,19-20,24,37H,11-13,17-18H2,1-6H3,(H,36,42)(H,39,43)/t20-,24-/m1/s1. The maximum absolute atomic E-state index is 13.6. The molecule has 3 aromatic rings. The molecular formula is C32H39F3N6O3. The minimum Gasteiger partial charge on any atom is -0.495 e. The van der Waals surface area contributed by atoms with E-state index in [0.717, 1.165) is 30.4 Å². The Morgan fingerprint density at radius 2 is 1.89 bits per heavy atom. The Morgan fingerprint density at radius 3 is 2.52 bits per heavy atom. The molecule has 1 aliphatic heterocycles. The van der Waals surface area contributed by atoms with Crippen molar-refractivity contribution >= 4 is 28.5 Å². The first-order valence-electron chi connectivity index (χ1n) is 14.4. The average molecular weight is 613 g/mol. The molecule has 0 bridgehead atoms. The number of hydrogen-bond donors (Lipinski definition) is 3. The summed E-state index contributed by atoms with van der Waals surface area (Å²) in [6.45, 7) is 9.15. The zero-order valence-corrected chi connectivity index (χ0v) is 25.9. The third-order valence-electron chi connectivity index (χ3n) is 7.78. The molecule has 9 nitrogen and oxygen atoms in total. The van der Waals surface area contributed by atoms with Gasteiger partial charge in [0.05, 0.1) is 36.7 Å². The van der Waals surface area contributed by atoms with Gasteiger partial charge in [-0.15, -0.1) is 0 Å². The summed E-state index contributed by atoms with van der Waals surface area (Å²) in [5.74, 6) is 5.92. The van der Waals surface area contributed by atoms with E-state index < -0.39 is 18.6 Å². The van der Waals surface area contributed by atoms with E-state index in [-0.39, 0.29) is 46.5 Å². The number of carbonyl (C=O) groups excluding carboxylic acids is 2. The van der Waals surface area contributed by atoms with Crippen molar-refractivity contribution in [2.75, 3.05) is 39.1 Å². The number of benzene rings is 2. The van der Waals surface area contributed by atoms with Gasteiger partial charge in [0.15, 0.2) is 0 Å².